The Hall–Kier alpha value is -3.36. The predicted molar refractivity (Wildman–Crippen MR) is 127 cm³/mol. The maximum Gasteiger partial charge on any atom is 0.253 e. The van der Waals surface area contributed by atoms with Crippen LogP contribution in [-0.4, -0.2) is 69.8 Å². The molecule has 1 aliphatic carbocycles. The number of pyridine rings is 1. The molecule has 0 bridgehead atoms. The van der Waals surface area contributed by atoms with Gasteiger partial charge in [0.25, 0.3) is 5.91 Å². The number of carbonyl (C=O) groups is 1. The Morgan fingerprint density at radius 1 is 1.15 bits per heavy atom. The van der Waals surface area contributed by atoms with Gasteiger partial charge in [-0.1, -0.05) is 6.07 Å². The molecule has 0 radical (unpaired) electrons. The van der Waals surface area contributed by atoms with Gasteiger partial charge in [0, 0.05) is 55.5 Å². The van der Waals surface area contributed by atoms with Gasteiger partial charge in [-0.05, 0) is 55.2 Å². The van der Waals surface area contributed by atoms with E-state index in [2.05, 4.69) is 19.9 Å². The van der Waals surface area contributed by atoms with Crippen LogP contribution in [0.3, 0.4) is 0 Å². The maximum atomic E-state index is 13.1. The number of aryl methyl sites for hydroxylation is 1. The number of aliphatic hydroxyl groups is 1. The predicted octanol–water partition coefficient (Wildman–Crippen LogP) is 2.86. The van der Waals surface area contributed by atoms with Crippen molar-refractivity contribution < 1.29 is 14.6 Å². The van der Waals surface area contributed by atoms with Crippen LogP contribution >= 0.6 is 0 Å². The lowest BCUT2D eigenvalue weighted by atomic mass is 9.80. The summed E-state index contributed by atoms with van der Waals surface area (Å²) in [5.74, 6) is 0.488. The molecule has 1 N–H and O–H groups in total. The fourth-order valence-corrected chi connectivity index (χ4v) is 4.91. The fraction of sp³-hybridized carbons (Fsp3) is 0.385. The van der Waals surface area contributed by atoms with Crippen LogP contribution in [-0.2, 0) is 10.2 Å². The van der Waals surface area contributed by atoms with Gasteiger partial charge in [0.1, 0.15) is 0 Å². The van der Waals surface area contributed by atoms with E-state index < -0.39 is 5.60 Å². The topological polar surface area (TPSA) is 91.7 Å². The van der Waals surface area contributed by atoms with Crippen LogP contribution in [0.4, 0.5) is 11.6 Å². The van der Waals surface area contributed by atoms with E-state index in [1.54, 1.807) is 30.5 Å². The number of fused-ring (bicyclic) bond motifs is 2. The van der Waals surface area contributed by atoms with E-state index >= 15 is 0 Å². The van der Waals surface area contributed by atoms with Crippen LogP contribution in [0.25, 0.3) is 11.3 Å². The summed E-state index contributed by atoms with van der Waals surface area (Å²) in [7, 11) is 1.74. The Bertz CT molecular complexity index is 1270. The number of rotatable bonds is 5. The van der Waals surface area contributed by atoms with Gasteiger partial charge in [-0.15, -0.1) is 0 Å². The first-order valence-electron chi connectivity index (χ1n) is 11.6. The van der Waals surface area contributed by atoms with E-state index in [-0.39, 0.29) is 11.3 Å². The van der Waals surface area contributed by atoms with Crippen LogP contribution in [0.2, 0.25) is 0 Å². The molecule has 8 nitrogen and oxygen atoms in total. The van der Waals surface area contributed by atoms with Gasteiger partial charge in [-0.2, -0.15) is 0 Å². The van der Waals surface area contributed by atoms with Gasteiger partial charge in [0.2, 0.25) is 5.95 Å². The zero-order valence-electron chi connectivity index (χ0n) is 19.4. The van der Waals surface area contributed by atoms with E-state index in [1.807, 2.05) is 37.3 Å². The van der Waals surface area contributed by atoms with Crippen molar-refractivity contribution in [3.63, 3.8) is 0 Å². The van der Waals surface area contributed by atoms with E-state index in [4.69, 9.17) is 4.74 Å². The number of ether oxygens (including phenoxy) is 1. The minimum atomic E-state index is -0.720. The summed E-state index contributed by atoms with van der Waals surface area (Å²) in [4.78, 5) is 30.5. The van der Waals surface area contributed by atoms with Crippen molar-refractivity contribution >= 4 is 17.5 Å². The van der Waals surface area contributed by atoms with Crippen molar-refractivity contribution in [1.29, 1.82) is 0 Å². The Balaban J connectivity index is 1.32. The van der Waals surface area contributed by atoms with Crippen molar-refractivity contribution in [2.75, 3.05) is 38.3 Å². The molecule has 0 atom stereocenters. The van der Waals surface area contributed by atoms with Crippen molar-refractivity contribution in [3.05, 3.63) is 65.6 Å². The monoisotopic (exact) mass is 457 g/mol. The summed E-state index contributed by atoms with van der Waals surface area (Å²) in [5.41, 5.74) is 4.69. The third kappa shape index (κ3) is 3.54. The molecule has 2 fully saturated rings. The average molecular weight is 458 g/mol. The molecule has 0 unspecified atom stereocenters. The van der Waals surface area contributed by atoms with Gasteiger partial charge in [-0.25, -0.2) is 9.97 Å². The summed E-state index contributed by atoms with van der Waals surface area (Å²) in [6.07, 6.45) is 6.87. The third-order valence-electron chi connectivity index (χ3n) is 7.12. The molecule has 1 aromatic carbocycles. The average Bonchev–Trinajstić information content (AvgIpc) is 3.43. The third-order valence-corrected chi connectivity index (χ3v) is 7.12. The van der Waals surface area contributed by atoms with E-state index in [9.17, 15) is 9.90 Å². The largest absolute Gasteiger partial charge is 0.388 e. The van der Waals surface area contributed by atoms with Crippen molar-refractivity contribution in [2.45, 2.75) is 30.8 Å². The molecule has 1 saturated carbocycles. The number of hydrogen-bond donors (Lipinski definition) is 1. The molecule has 3 aromatic rings. The Morgan fingerprint density at radius 3 is 2.56 bits per heavy atom. The second kappa shape index (κ2) is 7.58. The van der Waals surface area contributed by atoms with E-state index in [0.29, 0.717) is 37.8 Å². The maximum absolute atomic E-state index is 13.1. The second-order valence-electron chi connectivity index (χ2n) is 9.97. The minimum absolute atomic E-state index is 0.101. The lowest BCUT2D eigenvalue weighted by Crippen LogP contribution is -2.49. The highest BCUT2D eigenvalue weighted by Gasteiger charge is 2.50. The molecule has 8 heteroatoms. The first kappa shape index (κ1) is 21.2. The number of hydrogen-bond acceptors (Lipinski definition) is 7. The normalized spacial score (nSPS) is 19.0. The number of amides is 1. The lowest BCUT2D eigenvalue weighted by molar-refractivity contribution is -0.0507. The second-order valence-corrected chi connectivity index (χ2v) is 9.97. The zero-order valence-corrected chi connectivity index (χ0v) is 19.4. The van der Waals surface area contributed by atoms with Gasteiger partial charge in [-0.3, -0.25) is 9.78 Å². The zero-order chi connectivity index (χ0) is 23.5. The molecule has 3 aliphatic rings. The SMILES string of the molecule is Cc1ccnc(-c2cnc(N3CC4(COC4)c4ccc(C(=O)N(C)CC5(O)CC5)cc43)nc2)c1. The van der Waals surface area contributed by atoms with E-state index in [0.717, 1.165) is 40.9 Å². The number of carbonyl (C=O) groups excluding carboxylic acids is 1. The van der Waals surface area contributed by atoms with Crippen LogP contribution in [0.5, 0.6) is 0 Å². The standard InChI is InChI=1S/C26H27N5O3/c1-17-5-8-27-21(9-17)19-11-28-24(29-12-19)31-13-25(15-34-16-25)20-4-3-18(10-22(20)31)23(32)30(2)14-26(33)6-7-26/h3-5,8-12,33H,6-7,13-16H2,1-2H3. The molecule has 6 rings (SSSR count). The fourth-order valence-electron chi connectivity index (χ4n) is 4.91. The minimum Gasteiger partial charge on any atom is -0.388 e. The van der Waals surface area contributed by atoms with Gasteiger partial charge >= 0.3 is 0 Å². The highest BCUT2D eigenvalue weighted by Crippen LogP contribution is 2.48. The van der Waals surface area contributed by atoms with Crippen LogP contribution < -0.4 is 4.90 Å². The summed E-state index contributed by atoms with van der Waals surface area (Å²) < 4.78 is 5.59. The van der Waals surface area contributed by atoms with Crippen LogP contribution in [0.15, 0.2) is 48.9 Å². The summed E-state index contributed by atoms with van der Waals surface area (Å²) in [6, 6.07) is 9.82. The number of anilines is 2. The molecular formula is C26H27N5O3. The molecule has 1 amide bonds. The number of benzene rings is 1. The lowest BCUT2D eigenvalue weighted by Gasteiger charge is -2.38. The Kier molecular flexibility index (Phi) is 4.72. The van der Waals surface area contributed by atoms with Gasteiger partial charge in [0.05, 0.1) is 29.9 Å². The molecule has 2 aliphatic heterocycles. The highest BCUT2D eigenvalue weighted by atomic mass is 16.5. The Labute approximate surface area is 198 Å². The van der Waals surface area contributed by atoms with E-state index in [1.165, 1.54) is 0 Å². The first-order valence-corrected chi connectivity index (χ1v) is 11.6. The number of nitrogens with zero attached hydrogens (tertiary/aromatic N) is 5. The molecular weight excluding hydrogens is 430 g/mol. The van der Waals surface area contributed by atoms with Crippen molar-refractivity contribution in [2.24, 2.45) is 0 Å². The van der Waals surface area contributed by atoms with Crippen molar-refractivity contribution in [1.82, 2.24) is 19.9 Å². The summed E-state index contributed by atoms with van der Waals surface area (Å²) >= 11 is 0. The molecule has 1 saturated heterocycles. The van der Waals surface area contributed by atoms with Gasteiger partial charge < -0.3 is 19.6 Å². The summed E-state index contributed by atoms with van der Waals surface area (Å²) in [6.45, 7) is 4.37. The van der Waals surface area contributed by atoms with Crippen LogP contribution in [0, 0.1) is 6.92 Å². The highest BCUT2D eigenvalue weighted by molar-refractivity contribution is 5.96. The smallest absolute Gasteiger partial charge is 0.253 e. The molecule has 174 valence electrons. The quantitative estimate of drug-likeness (QED) is 0.630. The molecule has 1 spiro atoms. The van der Waals surface area contributed by atoms with Gasteiger partial charge in [0.15, 0.2) is 0 Å². The van der Waals surface area contributed by atoms with Crippen LogP contribution in [0.1, 0.15) is 34.3 Å². The first-order chi connectivity index (χ1) is 16.4. The van der Waals surface area contributed by atoms with Crippen molar-refractivity contribution in [3.8, 4) is 11.3 Å². The summed E-state index contributed by atoms with van der Waals surface area (Å²) in [5, 5.41) is 10.2. The number of likely N-dealkylation sites (N-methyl/N-ethyl adjacent to an activating group) is 1. The molecule has 2 aromatic heterocycles. The Morgan fingerprint density at radius 2 is 1.91 bits per heavy atom. The molecule has 4 heterocycles. The molecule has 34 heavy (non-hydrogen) atoms. The number of aromatic nitrogens is 3.